The van der Waals surface area contributed by atoms with Crippen molar-refractivity contribution in [3.05, 3.63) is 51.3 Å². The highest BCUT2D eigenvalue weighted by Crippen LogP contribution is 2.26. The molecule has 1 aromatic heterocycles. The third-order valence-electron chi connectivity index (χ3n) is 2.45. The molecule has 0 fully saturated rings. The van der Waals surface area contributed by atoms with Crippen LogP contribution < -0.4 is 16.6 Å². The van der Waals surface area contributed by atoms with Gasteiger partial charge in [0.2, 0.25) is 0 Å². The van der Waals surface area contributed by atoms with E-state index in [4.69, 9.17) is 17.4 Å². The fraction of sp³-hybridized carbons (Fsp3) is 0. The average molecular weight is 360 g/mol. The highest BCUT2D eigenvalue weighted by atomic mass is 79.9. The van der Waals surface area contributed by atoms with Gasteiger partial charge in [0, 0.05) is 10.7 Å². The minimum absolute atomic E-state index is 0.188. The van der Waals surface area contributed by atoms with Gasteiger partial charge >= 0.3 is 0 Å². The SMILES string of the molecule is NNc1nccc(C(=O)Nc2ccc(Br)cc2Cl)c1F. The second-order valence-corrected chi connectivity index (χ2v) is 5.07. The van der Waals surface area contributed by atoms with E-state index >= 15 is 0 Å². The molecule has 5 nitrogen and oxygen atoms in total. The highest BCUT2D eigenvalue weighted by Gasteiger charge is 2.16. The molecule has 1 aromatic carbocycles. The molecule has 0 aliphatic rings. The summed E-state index contributed by atoms with van der Waals surface area (Å²) in [4.78, 5) is 15.7. The van der Waals surface area contributed by atoms with Crippen LogP contribution in [0.5, 0.6) is 0 Å². The predicted octanol–water partition coefficient (Wildman–Crippen LogP) is 3.17. The number of hydrogen-bond donors (Lipinski definition) is 3. The van der Waals surface area contributed by atoms with Gasteiger partial charge < -0.3 is 10.7 Å². The summed E-state index contributed by atoms with van der Waals surface area (Å²) in [5.74, 6) is 3.41. The number of benzene rings is 1. The fourth-order valence-corrected chi connectivity index (χ4v) is 2.22. The Hall–Kier alpha value is -1.70. The van der Waals surface area contributed by atoms with Crippen LogP contribution in [0.4, 0.5) is 15.9 Å². The number of carbonyl (C=O) groups is 1. The lowest BCUT2D eigenvalue weighted by Crippen LogP contribution is -2.17. The molecule has 1 amide bonds. The van der Waals surface area contributed by atoms with Crippen molar-refractivity contribution in [1.29, 1.82) is 0 Å². The zero-order valence-corrected chi connectivity index (χ0v) is 12.3. The lowest BCUT2D eigenvalue weighted by molar-refractivity contribution is 0.102. The lowest BCUT2D eigenvalue weighted by atomic mass is 10.2. The molecule has 0 saturated carbocycles. The van der Waals surface area contributed by atoms with Crippen molar-refractivity contribution in [1.82, 2.24) is 4.98 Å². The molecule has 4 N–H and O–H groups in total. The number of hydrazine groups is 1. The van der Waals surface area contributed by atoms with Gasteiger partial charge in [0.25, 0.3) is 5.91 Å². The summed E-state index contributed by atoms with van der Waals surface area (Å²) >= 11 is 9.23. The number of halogens is 3. The third kappa shape index (κ3) is 3.06. The molecule has 0 spiro atoms. The quantitative estimate of drug-likeness (QED) is 0.581. The van der Waals surface area contributed by atoms with Crippen molar-refractivity contribution in [3.8, 4) is 0 Å². The van der Waals surface area contributed by atoms with E-state index in [1.165, 1.54) is 12.3 Å². The maximum absolute atomic E-state index is 13.9. The van der Waals surface area contributed by atoms with Crippen molar-refractivity contribution < 1.29 is 9.18 Å². The minimum atomic E-state index is -0.833. The van der Waals surface area contributed by atoms with Crippen molar-refractivity contribution in [3.63, 3.8) is 0 Å². The van der Waals surface area contributed by atoms with Gasteiger partial charge in [0.15, 0.2) is 11.6 Å². The van der Waals surface area contributed by atoms with E-state index in [9.17, 15) is 9.18 Å². The second-order valence-electron chi connectivity index (χ2n) is 3.74. The molecular weight excluding hydrogens is 351 g/mol. The van der Waals surface area contributed by atoms with E-state index in [1.807, 2.05) is 0 Å². The first kappa shape index (κ1) is 14.7. The first-order valence-electron chi connectivity index (χ1n) is 5.40. The number of amides is 1. The zero-order chi connectivity index (χ0) is 14.7. The number of nitrogens with one attached hydrogen (secondary N) is 2. The molecule has 2 rings (SSSR count). The second kappa shape index (κ2) is 6.17. The Balaban J connectivity index is 2.28. The number of nitrogens with zero attached hydrogens (tertiary/aromatic N) is 1. The van der Waals surface area contributed by atoms with E-state index in [0.717, 1.165) is 4.47 Å². The van der Waals surface area contributed by atoms with Crippen LogP contribution in [0.25, 0.3) is 0 Å². The van der Waals surface area contributed by atoms with Gasteiger partial charge in [-0.05, 0) is 24.3 Å². The molecule has 0 bridgehead atoms. The van der Waals surface area contributed by atoms with Crippen molar-refractivity contribution >= 4 is 44.9 Å². The molecule has 0 saturated heterocycles. The molecule has 8 heteroatoms. The molecular formula is C12H9BrClFN4O. The van der Waals surface area contributed by atoms with Crippen LogP contribution >= 0.6 is 27.5 Å². The Kier molecular flexibility index (Phi) is 4.53. The molecule has 2 aromatic rings. The Morgan fingerprint density at radius 2 is 2.15 bits per heavy atom. The highest BCUT2D eigenvalue weighted by molar-refractivity contribution is 9.10. The van der Waals surface area contributed by atoms with Crippen LogP contribution in [0, 0.1) is 5.82 Å². The number of nitrogens with two attached hydrogens (primary N) is 1. The monoisotopic (exact) mass is 358 g/mol. The number of aromatic nitrogens is 1. The van der Waals surface area contributed by atoms with E-state index in [-0.39, 0.29) is 11.4 Å². The zero-order valence-electron chi connectivity index (χ0n) is 9.95. The molecule has 0 aliphatic heterocycles. The topological polar surface area (TPSA) is 80.0 Å². The Morgan fingerprint density at radius 1 is 1.40 bits per heavy atom. The maximum Gasteiger partial charge on any atom is 0.258 e. The normalized spacial score (nSPS) is 10.2. The summed E-state index contributed by atoms with van der Waals surface area (Å²) in [7, 11) is 0. The van der Waals surface area contributed by atoms with Crippen LogP contribution in [0.15, 0.2) is 34.9 Å². The van der Waals surface area contributed by atoms with Crippen LogP contribution in [0.2, 0.25) is 5.02 Å². The summed E-state index contributed by atoms with van der Waals surface area (Å²) in [5.41, 5.74) is 2.26. The molecule has 0 atom stereocenters. The standard InChI is InChI=1S/C12H9BrClFN4O/c13-6-1-2-9(8(14)5-6)18-12(20)7-3-4-17-11(19-16)10(7)15/h1-5H,16H2,(H,17,19)(H,18,20). The Labute approximate surface area is 127 Å². The van der Waals surface area contributed by atoms with Crippen LogP contribution in [-0.4, -0.2) is 10.9 Å². The third-order valence-corrected chi connectivity index (χ3v) is 3.26. The first-order valence-corrected chi connectivity index (χ1v) is 6.57. The largest absolute Gasteiger partial charge is 0.321 e. The molecule has 0 radical (unpaired) electrons. The molecule has 0 unspecified atom stereocenters. The number of carbonyl (C=O) groups excluding carboxylic acids is 1. The van der Waals surface area contributed by atoms with E-state index in [2.05, 4.69) is 31.7 Å². The van der Waals surface area contributed by atoms with Gasteiger partial charge in [-0.25, -0.2) is 15.2 Å². The van der Waals surface area contributed by atoms with Gasteiger partial charge in [0.1, 0.15) is 0 Å². The molecule has 0 aliphatic carbocycles. The number of pyridine rings is 1. The smallest absolute Gasteiger partial charge is 0.258 e. The minimum Gasteiger partial charge on any atom is -0.321 e. The summed E-state index contributed by atoms with van der Waals surface area (Å²) in [5, 5.41) is 2.85. The number of rotatable bonds is 3. The summed E-state index contributed by atoms with van der Waals surface area (Å²) in [6.45, 7) is 0. The number of anilines is 2. The average Bonchev–Trinajstić information content (AvgIpc) is 2.42. The first-order chi connectivity index (χ1) is 9.52. The number of nitrogen functional groups attached to an aromatic ring is 1. The van der Waals surface area contributed by atoms with Gasteiger partial charge in [-0.15, -0.1) is 0 Å². The maximum atomic E-state index is 13.9. The molecule has 104 valence electrons. The lowest BCUT2D eigenvalue weighted by Gasteiger charge is -2.09. The van der Waals surface area contributed by atoms with E-state index in [0.29, 0.717) is 10.7 Å². The van der Waals surface area contributed by atoms with Gasteiger partial charge in [-0.2, -0.15) is 0 Å². The van der Waals surface area contributed by atoms with Crippen molar-refractivity contribution in [2.75, 3.05) is 10.7 Å². The predicted molar refractivity (Wildman–Crippen MR) is 79.1 cm³/mol. The van der Waals surface area contributed by atoms with Crippen LogP contribution in [0.1, 0.15) is 10.4 Å². The summed E-state index contributed by atoms with van der Waals surface area (Å²) in [6.07, 6.45) is 1.27. The summed E-state index contributed by atoms with van der Waals surface area (Å²) in [6, 6.07) is 6.17. The van der Waals surface area contributed by atoms with Gasteiger partial charge in [0.05, 0.1) is 16.3 Å². The van der Waals surface area contributed by atoms with Crippen LogP contribution in [-0.2, 0) is 0 Å². The molecule has 1 heterocycles. The van der Waals surface area contributed by atoms with Crippen molar-refractivity contribution in [2.45, 2.75) is 0 Å². The van der Waals surface area contributed by atoms with E-state index < -0.39 is 11.7 Å². The van der Waals surface area contributed by atoms with Gasteiger partial charge in [-0.1, -0.05) is 27.5 Å². The summed E-state index contributed by atoms with van der Waals surface area (Å²) < 4.78 is 14.7. The fourth-order valence-electron chi connectivity index (χ4n) is 1.50. The molecule has 20 heavy (non-hydrogen) atoms. The Morgan fingerprint density at radius 3 is 2.80 bits per heavy atom. The Bertz CT molecular complexity index is 668. The van der Waals surface area contributed by atoms with Crippen molar-refractivity contribution in [2.24, 2.45) is 5.84 Å². The van der Waals surface area contributed by atoms with Crippen LogP contribution in [0.3, 0.4) is 0 Å². The number of hydrogen-bond acceptors (Lipinski definition) is 4. The van der Waals surface area contributed by atoms with E-state index in [1.54, 1.807) is 18.2 Å². The van der Waals surface area contributed by atoms with Gasteiger partial charge in [-0.3, -0.25) is 4.79 Å².